The zero-order chi connectivity index (χ0) is 18.0. The van der Waals surface area contributed by atoms with Gasteiger partial charge in [0.15, 0.2) is 16.3 Å². The molecule has 1 N–H and O–H groups in total. The first-order chi connectivity index (χ1) is 12.0. The molecule has 0 unspecified atom stereocenters. The van der Waals surface area contributed by atoms with Crippen LogP contribution in [0.1, 0.15) is 30.9 Å². The van der Waals surface area contributed by atoms with Gasteiger partial charge >= 0.3 is 5.69 Å². The molecule has 0 spiro atoms. The van der Waals surface area contributed by atoms with E-state index >= 15 is 0 Å². The van der Waals surface area contributed by atoms with Crippen molar-refractivity contribution in [3.63, 3.8) is 0 Å². The van der Waals surface area contributed by atoms with Crippen molar-refractivity contribution < 1.29 is 0 Å². The molecule has 0 fully saturated rings. The lowest BCUT2D eigenvalue weighted by molar-refractivity contribution is 0.726. The van der Waals surface area contributed by atoms with Gasteiger partial charge in [-0.1, -0.05) is 54.9 Å². The molecule has 3 aromatic rings. The molecule has 2 heterocycles. The largest absolute Gasteiger partial charge is 0.329 e. The molecule has 0 saturated carbocycles. The van der Waals surface area contributed by atoms with Crippen LogP contribution in [0.5, 0.6) is 0 Å². The first-order valence-corrected chi connectivity index (χ1v) is 9.37. The van der Waals surface area contributed by atoms with Crippen LogP contribution >= 0.6 is 11.8 Å². The number of hydrogen-bond acceptors (Lipinski definition) is 4. The Labute approximate surface area is 149 Å². The molecule has 0 aliphatic carbocycles. The molecule has 2 aromatic heterocycles. The number of imidazole rings is 1. The number of rotatable bonds is 6. The predicted octanol–water partition coefficient (Wildman–Crippen LogP) is 2.67. The number of nitrogens with one attached hydrogen (secondary N) is 1. The Hall–Kier alpha value is -2.28. The minimum atomic E-state index is -0.442. The maximum atomic E-state index is 12.4. The van der Waals surface area contributed by atoms with Gasteiger partial charge in [-0.05, 0) is 18.9 Å². The predicted molar refractivity (Wildman–Crippen MR) is 102 cm³/mol. The van der Waals surface area contributed by atoms with Gasteiger partial charge in [0.2, 0.25) is 0 Å². The number of hydrogen-bond donors (Lipinski definition) is 1. The van der Waals surface area contributed by atoms with Crippen LogP contribution in [0, 0.1) is 6.92 Å². The summed E-state index contributed by atoms with van der Waals surface area (Å²) in [5, 5.41) is 0.774. The van der Waals surface area contributed by atoms with E-state index in [9.17, 15) is 9.59 Å². The monoisotopic (exact) mass is 358 g/mol. The Bertz CT molecular complexity index is 999. The Kier molecular flexibility index (Phi) is 5.13. The highest BCUT2D eigenvalue weighted by Crippen LogP contribution is 2.23. The fourth-order valence-electron chi connectivity index (χ4n) is 2.66. The number of thioether (sulfide) groups is 1. The zero-order valence-corrected chi connectivity index (χ0v) is 15.5. The number of aryl methyl sites for hydroxylation is 2. The van der Waals surface area contributed by atoms with E-state index in [1.165, 1.54) is 10.1 Å². The van der Waals surface area contributed by atoms with Crippen LogP contribution in [0.4, 0.5) is 0 Å². The van der Waals surface area contributed by atoms with Crippen molar-refractivity contribution in [2.75, 3.05) is 5.75 Å². The summed E-state index contributed by atoms with van der Waals surface area (Å²) in [4.78, 5) is 31.3. The number of benzene rings is 1. The first-order valence-electron chi connectivity index (χ1n) is 8.39. The molecule has 132 valence electrons. The molecule has 0 amide bonds. The lowest BCUT2D eigenvalue weighted by Crippen LogP contribution is -2.29. The van der Waals surface area contributed by atoms with Gasteiger partial charge in [-0.25, -0.2) is 9.78 Å². The second kappa shape index (κ2) is 7.31. The average molecular weight is 358 g/mol. The fourth-order valence-corrected chi connectivity index (χ4v) is 3.73. The summed E-state index contributed by atoms with van der Waals surface area (Å²) in [7, 11) is 1.63. The van der Waals surface area contributed by atoms with E-state index in [1.807, 2.05) is 11.5 Å². The van der Waals surface area contributed by atoms with E-state index in [-0.39, 0.29) is 5.56 Å². The van der Waals surface area contributed by atoms with E-state index in [2.05, 4.69) is 41.2 Å². The van der Waals surface area contributed by atoms with Crippen molar-refractivity contribution in [2.24, 2.45) is 7.05 Å². The molecule has 0 atom stereocenters. The van der Waals surface area contributed by atoms with Crippen molar-refractivity contribution in [3.8, 4) is 0 Å². The summed E-state index contributed by atoms with van der Waals surface area (Å²) in [6, 6.07) is 8.21. The lowest BCUT2D eigenvalue weighted by Gasteiger charge is -2.09. The van der Waals surface area contributed by atoms with Gasteiger partial charge in [0.05, 0.1) is 6.54 Å². The number of aromatic amines is 1. The van der Waals surface area contributed by atoms with Gasteiger partial charge in [0.25, 0.3) is 5.56 Å². The molecule has 0 aliphatic rings. The normalized spacial score (nSPS) is 11.3. The van der Waals surface area contributed by atoms with Gasteiger partial charge in [0, 0.05) is 12.8 Å². The van der Waals surface area contributed by atoms with Gasteiger partial charge in [-0.2, -0.15) is 0 Å². The minimum absolute atomic E-state index is 0.389. The van der Waals surface area contributed by atoms with Gasteiger partial charge < -0.3 is 4.57 Å². The fraction of sp³-hybridized carbons (Fsp3) is 0.389. The molecule has 25 heavy (non-hydrogen) atoms. The third kappa shape index (κ3) is 3.56. The molecule has 0 radical (unpaired) electrons. The second-order valence-corrected chi connectivity index (χ2v) is 7.22. The maximum Gasteiger partial charge on any atom is 0.329 e. The molecule has 7 heteroatoms. The lowest BCUT2D eigenvalue weighted by atomic mass is 10.1. The Morgan fingerprint density at radius 3 is 2.60 bits per heavy atom. The number of unbranched alkanes of at least 4 members (excludes halogenated alkanes) is 1. The van der Waals surface area contributed by atoms with Crippen molar-refractivity contribution in [2.45, 2.75) is 38.4 Å². The van der Waals surface area contributed by atoms with Crippen LogP contribution in [-0.2, 0) is 13.6 Å². The van der Waals surface area contributed by atoms with Crippen LogP contribution in [0.25, 0.3) is 11.2 Å². The van der Waals surface area contributed by atoms with Crippen molar-refractivity contribution >= 4 is 22.9 Å². The van der Waals surface area contributed by atoms with Gasteiger partial charge in [0.1, 0.15) is 0 Å². The SMILES string of the molecule is CCCCSc1nc2c(c(=O)[nH]c(=O)n2C)n1Cc1ccc(C)cc1. The molecule has 0 saturated heterocycles. The van der Waals surface area contributed by atoms with E-state index < -0.39 is 5.69 Å². The molecule has 6 nitrogen and oxygen atoms in total. The number of nitrogens with zero attached hydrogens (tertiary/aromatic N) is 3. The van der Waals surface area contributed by atoms with Crippen LogP contribution in [0.2, 0.25) is 0 Å². The average Bonchev–Trinajstić information content (AvgIpc) is 2.94. The first kappa shape index (κ1) is 17.5. The number of aromatic nitrogens is 4. The number of fused-ring (bicyclic) bond motifs is 1. The van der Waals surface area contributed by atoms with Crippen LogP contribution in [0.15, 0.2) is 39.0 Å². The summed E-state index contributed by atoms with van der Waals surface area (Å²) in [5.74, 6) is 0.930. The second-order valence-electron chi connectivity index (χ2n) is 6.16. The van der Waals surface area contributed by atoms with Crippen molar-refractivity contribution in [1.29, 1.82) is 0 Å². The Morgan fingerprint density at radius 1 is 1.20 bits per heavy atom. The highest BCUT2D eigenvalue weighted by atomic mass is 32.2. The molecule has 0 bridgehead atoms. The zero-order valence-electron chi connectivity index (χ0n) is 14.7. The molecular formula is C18H22N4O2S. The topological polar surface area (TPSA) is 72.7 Å². The minimum Gasteiger partial charge on any atom is -0.309 e. The van der Waals surface area contributed by atoms with Crippen LogP contribution in [0.3, 0.4) is 0 Å². The van der Waals surface area contributed by atoms with Gasteiger partial charge in [-0.15, -0.1) is 0 Å². The highest BCUT2D eigenvalue weighted by molar-refractivity contribution is 7.99. The van der Waals surface area contributed by atoms with Gasteiger partial charge in [-0.3, -0.25) is 14.3 Å². The summed E-state index contributed by atoms with van der Waals surface area (Å²) < 4.78 is 3.31. The number of H-pyrrole nitrogens is 1. The van der Waals surface area contributed by atoms with E-state index in [0.29, 0.717) is 17.7 Å². The van der Waals surface area contributed by atoms with Crippen LogP contribution < -0.4 is 11.2 Å². The Balaban J connectivity index is 2.13. The summed E-state index contributed by atoms with van der Waals surface area (Å²) in [6.45, 7) is 4.74. The molecular weight excluding hydrogens is 336 g/mol. The third-order valence-electron chi connectivity index (χ3n) is 4.16. The summed E-state index contributed by atoms with van der Waals surface area (Å²) in [6.07, 6.45) is 2.18. The van der Waals surface area contributed by atoms with E-state index in [0.717, 1.165) is 29.3 Å². The van der Waals surface area contributed by atoms with E-state index in [4.69, 9.17) is 0 Å². The highest BCUT2D eigenvalue weighted by Gasteiger charge is 2.17. The Morgan fingerprint density at radius 2 is 1.92 bits per heavy atom. The third-order valence-corrected chi connectivity index (χ3v) is 5.23. The standard InChI is InChI=1S/C18H22N4O2S/c1-4-5-10-25-18-19-15-14(16(23)20-17(24)21(15)3)22(18)11-13-8-6-12(2)7-9-13/h6-9H,4-5,10-11H2,1-3H3,(H,20,23,24). The molecule has 3 rings (SSSR count). The quantitative estimate of drug-likeness (QED) is 0.543. The van der Waals surface area contributed by atoms with E-state index in [1.54, 1.807) is 18.8 Å². The van der Waals surface area contributed by atoms with Crippen molar-refractivity contribution in [1.82, 2.24) is 19.1 Å². The maximum absolute atomic E-state index is 12.4. The summed E-state index contributed by atoms with van der Waals surface area (Å²) >= 11 is 1.63. The summed E-state index contributed by atoms with van der Waals surface area (Å²) in [5.41, 5.74) is 2.33. The molecule has 0 aliphatic heterocycles. The molecule has 1 aromatic carbocycles. The van der Waals surface area contributed by atoms with Crippen LogP contribution in [-0.4, -0.2) is 24.9 Å². The smallest absolute Gasteiger partial charge is 0.309 e. The van der Waals surface area contributed by atoms with Crippen molar-refractivity contribution in [3.05, 3.63) is 56.2 Å².